The summed E-state index contributed by atoms with van der Waals surface area (Å²) in [5.41, 5.74) is 2.82. The lowest BCUT2D eigenvalue weighted by atomic mass is 9.87. The fourth-order valence-electron chi connectivity index (χ4n) is 1.93. The summed E-state index contributed by atoms with van der Waals surface area (Å²) in [6, 6.07) is 6.15. The van der Waals surface area contributed by atoms with Crippen molar-refractivity contribution in [2.45, 2.75) is 32.7 Å². The molecule has 0 heterocycles. The molecule has 1 atom stereocenters. The molecule has 3 heteroatoms. The molecule has 0 radical (unpaired) electrons. The summed E-state index contributed by atoms with van der Waals surface area (Å²) in [5, 5.41) is 12.0. The lowest BCUT2D eigenvalue weighted by Crippen LogP contribution is -2.39. The third kappa shape index (κ3) is 2.83. The summed E-state index contributed by atoms with van der Waals surface area (Å²) in [4.78, 5) is 10.9. The van der Waals surface area contributed by atoms with Gasteiger partial charge in [0.15, 0.2) is 0 Å². The molecular formula is C13H19NO2. The smallest absolute Gasteiger partial charge is 0.305 e. The Balaban J connectivity index is 3.16. The first-order chi connectivity index (χ1) is 7.37. The second-order valence-corrected chi connectivity index (χ2v) is 4.53. The van der Waals surface area contributed by atoms with E-state index in [0.717, 1.165) is 16.7 Å². The van der Waals surface area contributed by atoms with Crippen LogP contribution in [0.5, 0.6) is 0 Å². The predicted octanol–water partition coefficient (Wildman–Crippen LogP) is 2.21. The molecule has 2 N–H and O–H groups in total. The van der Waals surface area contributed by atoms with Crippen LogP contribution < -0.4 is 5.32 Å². The molecule has 0 aliphatic rings. The van der Waals surface area contributed by atoms with Crippen molar-refractivity contribution in [1.82, 2.24) is 5.32 Å². The van der Waals surface area contributed by atoms with E-state index in [4.69, 9.17) is 5.11 Å². The second-order valence-electron chi connectivity index (χ2n) is 4.53. The quantitative estimate of drug-likeness (QED) is 0.819. The third-order valence-electron chi connectivity index (χ3n) is 2.92. The minimum absolute atomic E-state index is 0.0758. The molecule has 0 saturated heterocycles. The molecule has 1 aromatic carbocycles. The number of nitrogens with one attached hydrogen (secondary N) is 1. The molecule has 0 amide bonds. The van der Waals surface area contributed by atoms with Crippen molar-refractivity contribution in [2.75, 3.05) is 7.05 Å². The molecule has 0 aliphatic heterocycles. The van der Waals surface area contributed by atoms with Crippen LogP contribution >= 0.6 is 0 Å². The average molecular weight is 221 g/mol. The monoisotopic (exact) mass is 221 g/mol. The van der Waals surface area contributed by atoms with E-state index in [2.05, 4.69) is 11.4 Å². The lowest BCUT2D eigenvalue weighted by Gasteiger charge is -2.29. The Labute approximate surface area is 96.5 Å². The van der Waals surface area contributed by atoms with Crippen molar-refractivity contribution in [1.29, 1.82) is 0 Å². The molecule has 0 aromatic heterocycles. The fourth-order valence-corrected chi connectivity index (χ4v) is 1.93. The average Bonchev–Trinajstić information content (AvgIpc) is 2.15. The third-order valence-corrected chi connectivity index (χ3v) is 2.92. The van der Waals surface area contributed by atoms with Gasteiger partial charge in [0.05, 0.1) is 12.0 Å². The highest BCUT2D eigenvalue weighted by atomic mass is 16.4. The van der Waals surface area contributed by atoms with Crippen molar-refractivity contribution in [3.8, 4) is 0 Å². The number of carboxylic acids is 1. The molecule has 0 fully saturated rings. The standard InChI is InChI=1S/C13H19NO2/c1-9-5-10(2)7-11(6-9)13(3,14-4)8-12(15)16/h5-7,14H,8H2,1-4H3,(H,15,16). The fraction of sp³-hybridized carbons (Fsp3) is 0.462. The van der Waals surface area contributed by atoms with Gasteiger partial charge in [-0.2, -0.15) is 0 Å². The van der Waals surface area contributed by atoms with Gasteiger partial charge in [0.2, 0.25) is 0 Å². The van der Waals surface area contributed by atoms with E-state index in [1.807, 2.05) is 32.9 Å². The predicted molar refractivity (Wildman–Crippen MR) is 64.6 cm³/mol. The van der Waals surface area contributed by atoms with Gasteiger partial charge >= 0.3 is 5.97 Å². The number of rotatable bonds is 4. The van der Waals surface area contributed by atoms with Crippen molar-refractivity contribution in [2.24, 2.45) is 0 Å². The maximum Gasteiger partial charge on any atom is 0.305 e. The molecule has 1 aromatic rings. The lowest BCUT2D eigenvalue weighted by molar-refractivity contribution is -0.138. The highest BCUT2D eigenvalue weighted by molar-refractivity contribution is 5.69. The van der Waals surface area contributed by atoms with Crippen LogP contribution in [0.2, 0.25) is 0 Å². The Morgan fingerprint density at radius 2 is 1.81 bits per heavy atom. The van der Waals surface area contributed by atoms with Gasteiger partial charge in [-0.1, -0.05) is 29.3 Å². The molecule has 0 spiro atoms. The van der Waals surface area contributed by atoms with E-state index in [-0.39, 0.29) is 6.42 Å². The van der Waals surface area contributed by atoms with Gasteiger partial charge in [0, 0.05) is 0 Å². The van der Waals surface area contributed by atoms with E-state index in [0.29, 0.717) is 0 Å². The molecule has 3 nitrogen and oxygen atoms in total. The van der Waals surface area contributed by atoms with E-state index in [1.54, 1.807) is 7.05 Å². The summed E-state index contributed by atoms with van der Waals surface area (Å²) < 4.78 is 0. The van der Waals surface area contributed by atoms with Crippen molar-refractivity contribution in [3.63, 3.8) is 0 Å². The minimum Gasteiger partial charge on any atom is -0.481 e. The van der Waals surface area contributed by atoms with Crippen LogP contribution in [0.3, 0.4) is 0 Å². The zero-order valence-corrected chi connectivity index (χ0v) is 10.3. The largest absolute Gasteiger partial charge is 0.481 e. The van der Waals surface area contributed by atoms with Gasteiger partial charge in [-0.05, 0) is 33.4 Å². The van der Waals surface area contributed by atoms with Gasteiger partial charge < -0.3 is 10.4 Å². The maximum atomic E-state index is 10.9. The Hall–Kier alpha value is -1.35. The molecule has 1 unspecified atom stereocenters. The topological polar surface area (TPSA) is 49.3 Å². The first-order valence-electron chi connectivity index (χ1n) is 5.37. The summed E-state index contributed by atoms with van der Waals surface area (Å²) in [6.07, 6.45) is 0.0758. The molecule has 0 bridgehead atoms. The molecule has 0 saturated carbocycles. The van der Waals surface area contributed by atoms with Crippen LogP contribution in [0, 0.1) is 13.8 Å². The minimum atomic E-state index is -0.795. The van der Waals surface area contributed by atoms with Crippen LogP contribution in [-0.4, -0.2) is 18.1 Å². The van der Waals surface area contributed by atoms with Gasteiger partial charge in [0.25, 0.3) is 0 Å². The maximum absolute atomic E-state index is 10.9. The molecule has 1 rings (SSSR count). The second kappa shape index (κ2) is 4.66. The number of benzene rings is 1. The molecule has 16 heavy (non-hydrogen) atoms. The Bertz CT molecular complexity index is 381. The Kier molecular flexibility index (Phi) is 3.70. The highest BCUT2D eigenvalue weighted by Gasteiger charge is 2.27. The Morgan fingerprint density at radius 1 is 1.31 bits per heavy atom. The number of carbonyl (C=O) groups is 1. The number of hydrogen-bond donors (Lipinski definition) is 2. The number of aryl methyl sites for hydroxylation is 2. The van der Waals surface area contributed by atoms with Gasteiger partial charge in [-0.3, -0.25) is 4.79 Å². The van der Waals surface area contributed by atoms with Crippen molar-refractivity contribution in [3.05, 3.63) is 34.9 Å². The molecular weight excluding hydrogens is 202 g/mol. The van der Waals surface area contributed by atoms with Gasteiger partial charge in [0.1, 0.15) is 0 Å². The van der Waals surface area contributed by atoms with E-state index >= 15 is 0 Å². The van der Waals surface area contributed by atoms with E-state index < -0.39 is 11.5 Å². The zero-order valence-electron chi connectivity index (χ0n) is 10.3. The van der Waals surface area contributed by atoms with Gasteiger partial charge in [-0.15, -0.1) is 0 Å². The SMILES string of the molecule is CNC(C)(CC(=O)O)c1cc(C)cc(C)c1. The highest BCUT2D eigenvalue weighted by Crippen LogP contribution is 2.26. The van der Waals surface area contributed by atoms with Crippen LogP contribution in [0.1, 0.15) is 30.0 Å². The van der Waals surface area contributed by atoms with Crippen LogP contribution in [0.25, 0.3) is 0 Å². The molecule has 88 valence electrons. The van der Waals surface area contributed by atoms with Crippen LogP contribution in [-0.2, 0) is 10.3 Å². The number of hydrogen-bond acceptors (Lipinski definition) is 2. The zero-order chi connectivity index (χ0) is 12.3. The molecule has 0 aliphatic carbocycles. The van der Waals surface area contributed by atoms with Crippen molar-refractivity contribution < 1.29 is 9.90 Å². The van der Waals surface area contributed by atoms with Gasteiger partial charge in [-0.25, -0.2) is 0 Å². The normalized spacial score (nSPS) is 14.5. The summed E-state index contributed by atoms with van der Waals surface area (Å²) in [5.74, 6) is -0.795. The number of aliphatic carboxylic acids is 1. The van der Waals surface area contributed by atoms with E-state index in [1.165, 1.54) is 0 Å². The van der Waals surface area contributed by atoms with Crippen LogP contribution in [0.15, 0.2) is 18.2 Å². The first kappa shape index (κ1) is 12.7. The van der Waals surface area contributed by atoms with Crippen LogP contribution in [0.4, 0.5) is 0 Å². The van der Waals surface area contributed by atoms with E-state index in [9.17, 15) is 4.79 Å². The summed E-state index contributed by atoms with van der Waals surface area (Å²) in [7, 11) is 1.79. The first-order valence-corrected chi connectivity index (χ1v) is 5.37. The van der Waals surface area contributed by atoms with Crippen molar-refractivity contribution >= 4 is 5.97 Å². The summed E-state index contributed by atoms with van der Waals surface area (Å²) >= 11 is 0. The Morgan fingerprint density at radius 3 is 2.19 bits per heavy atom. The number of carboxylic acid groups (broad SMARTS) is 1. The summed E-state index contributed by atoms with van der Waals surface area (Å²) in [6.45, 7) is 5.95.